The molecule has 0 radical (unpaired) electrons. The van der Waals surface area contributed by atoms with Crippen LogP contribution in [0.3, 0.4) is 0 Å². The number of aliphatic carboxylic acids is 1. The van der Waals surface area contributed by atoms with Crippen molar-refractivity contribution in [3.8, 4) is 11.5 Å². The molecule has 4 heterocycles. The van der Waals surface area contributed by atoms with Gasteiger partial charge in [0.25, 0.3) is 5.91 Å². The minimum atomic E-state index is -1.03. The molecule has 10 heteroatoms. The molecule has 1 aromatic carbocycles. The van der Waals surface area contributed by atoms with E-state index in [9.17, 15) is 19.5 Å². The molecule has 2 aromatic rings. The number of amides is 2. The number of fused-ring (bicyclic) bond motifs is 3. The fourth-order valence-electron chi connectivity index (χ4n) is 4.43. The zero-order valence-corrected chi connectivity index (χ0v) is 17.1. The van der Waals surface area contributed by atoms with Crippen molar-refractivity contribution in [1.29, 1.82) is 0 Å². The Morgan fingerprint density at radius 3 is 2.65 bits per heavy atom. The van der Waals surface area contributed by atoms with E-state index in [-0.39, 0.29) is 19.2 Å². The first-order chi connectivity index (χ1) is 15.0. The standard InChI is InChI=1S/C21H20N2O7S/c24-18(22-8-10-1-2-12-15(7-10)29-9-28-12)11-5-6-31-20(11)23-19(25)16-13-3-4-14(30-13)17(16)21(26)27/h1-2,5-7,13-14,16-17H,3-4,8-9H2,(H,22,24)(H,23,25)(H,26,27)/t13-,14-,16+,17-/m0/s1. The van der Waals surface area contributed by atoms with Gasteiger partial charge in [-0.2, -0.15) is 0 Å². The number of nitrogens with one attached hydrogen (secondary N) is 2. The van der Waals surface area contributed by atoms with Crippen molar-refractivity contribution in [1.82, 2.24) is 5.32 Å². The number of benzene rings is 1. The summed E-state index contributed by atoms with van der Waals surface area (Å²) in [6, 6.07) is 7.06. The topological polar surface area (TPSA) is 123 Å². The lowest BCUT2D eigenvalue weighted by molar-refractivity contribution is -0.147. The van der Waals surface area contributed by atoms with Gasteiger partial charge in [0, 0.05) is 6.54 Å². The van der Waals surface area contributed by atoms with Gasteiger partial charge in [-0.05, 0) is 42.0 Å². The molecular weight excluding hydrogens is 424 g/mol. The highest BCUT2D eigenvalue weighted by molar-refractivity contribution is 7.14. The van der Waals surface area contributed by atoms with E-state index >= 15 is 0 Å². The Hall–Kier alpha value is -3.11. The first-order valence-electron chi connectivity index (χ1n) is 9.94. The highest BCUT2D eigenvalue weighted by Crippen LogP contribution is 2.44. The average molecular weight is 444 g/mol. The number of ether oxygens (including phenoxy) is 3. The van der Waals surface area contributed by atoms with Gasteiger partial charge < -0.3 is 30.0 Å². The summed E-state index contributed by atoms with van der Waals surface area (Å²) >= 11 is 1.22. The summed E-state index contributed by atoms with van der Waals surface area (Å²) in [6.07, 6.45) is 0.498. The molecule has 3 aliphatic rings. The minimum absolute atomic E-state index is 0.180. The van der Waals surface area contributed by atoms with Crippen LogP contribution in [0.25, 0.3) is 0 Å². The van der Waals surface area contributed by atoms with Gasteiger partial charge in [0.15, 0.2) is 11.5 Å². The highest BCUT2D eigenvalue weighted by Gasteiger charge is 2.55. The second kappa shape index (κ2) is 7.86. The molecule has 3 N–H and O–H groups in total. The minimum Gasteiger partial charge on any atom is -0.481 e. The first kappa shape index (κ1) is 19.8. The zero-order chi connectivity index (χ0) is 21.5. The van der Waals surface area contributed by atoms with Gasteiger partial charge in [0.05, 0.1) is 29.6 Å². The van der Waals surface area contributed by atoms with Gasteiger partial charge in [0.1, 0.15) is 5.00 Å². The van der Waals surface area contributed by atoms with Crippen LogP contribution in [0.1, 0.15) is 28.8 Å². The molecule has 162 valence electrons. The zero-order valence-electron chi connectivity index (χ0n) is 16.3. The van der Waals surface area contributed by atoms with Gasteiger partial charge in [-0.3, -0.25) is 14.4 Å². The summed E-state index contributed by atoms with van der Waals surface area (Å²) < 4.78 is 16.3. The summed E-state index contributed by atoms with van der Waals surface area (Å²) in [5.41, 5.74) is 1.18. The van der Waals surface area contributed by atoms with Crippen molar-refractivity contribution in [3.63, 3.8) is 0 Å². The predicted octanol–water partition coefficient (Wildman–Crippen LogP) is 2.22. The lowest BCUT2D eigenvalue weighted by Crippen LogP contribution is -2.41. The molecule has 0 aliphatic carbocycles. The predicted molar refractivity (Wildman–Crippen MR) is 109 cm³/mol. The third-order valence-corrected chi connectivity index (χ3v) is 6.73. The van der Waals surface area contributed by atoms with Crippen LogP contribution in [0.5, 0.6) is 11.5 Å². The van der Waals surface area contributed by atoms with Crippen molar-refractivity contribution >= 4 is 34.1 Å². The quantitative estimate of drug-likeness (QED) is 0.624. The molecule has 0 spiro atoms. The van der Waals surface area contributed by atoms with E-state index in [0.717, 1.165) is 5.56 Å². The van der Waals surface area contributed by atoms with E-state index in [1.807, 2.05) is 6.07 Å². The third-order valence-electron chi connectivity index (χ3n) is 5.90. The number of rotatable bonds is 6. The SMILES string of the molecule is O=C(NCc1ccc2c(c1)OCO2)c1ccsc1NC(=O)[C@H]1[C@@H](C(=O)O)[C@@H]2CC[C@@H]1O2. The number of carbonyl (C=O) groups is 3. The molecule has 2 amide bonds. The number of hydrogen-bond donors (Lipinski definition) is 3. The Balaban J connectivity index is 1.24. The van der Waals surface area contributed by atoms with Crippen molar-refractivity contribution in [2.24, 2.45) is 11.8 Å². The second-order valence-corrected chi connectivity index (χ2v) is 8.62. The van der Waals surface area contributed by atoms with Gasteiger partial charge in [0.2, 0.25) is 12.7 Å². The molecular formula is C21H20N2O7S. The van der Waals surface area contributed by atoms with E-state index < -0.39 is 35.9 Å². The fourth-order valence-corrected chi connectivity index (χ4v) is 5.22. The Labute approximate surface area is 181 Å². The van der Waals surface area contributed by atoms with Gasteiger partial charge in [-0.25, -0.2) is 0 Å². The molecule has 3 aliphatic heterocycles. The van der Waals surface area contributed by atoms with Crippen molar-refractivity contribution in [3.05, 3.63) is 40.8 Å². The molecule has 2 fully saturated rings. The Bertz CT molecular complexity index is 1050. The number of thiophene rings is 1. The molecule has 31 heavy (non-hydrogen) atoms. The van der Waals surface area contributed by atoms with Crippen molar-refractivity contribution in [2.45, 2.75) is 31.6 Å². The van der Waals surface area contributed by atoms with Crippen LogP contribution in [0.15, 0.2) is 29.6 Å². The van der Waals surface area contributed by atoms with Crippen molar-refractivity contribution in [2.75, 3.05) is 12.1 Å². The van der Waals surface area contributed by atoms with E-state index in [4.69, 9.17) is 14.2 Å². The summed E-state index contributed by atoms with van der Waals surface area (Å²) in [5.74, 6) is -2.11. The molecule has 4 atom stereocenters. The fraction of sp³-hybridized carbons (Fsp3) is 0.381. The van der Waals surface area contributed by atoms with E-state index in [2.05, 4.69) is 10.6 Å². The largest absolute Gasteiger partial charge is 0.481 e. The highest BCUT2D eigenvalue weighted by atomic mass is 32.1. The Morgan fingerprint density at radius 1 is 1.06 bits per heavy atom. The smallest absolute Gasteiger partial charge is 0.310 e. The molecule has 2 saturated heterocycles. The van der Waals surface area contributed by atoms with E-state index in [1.165, 1.54) is 11.3 Å². The van der Waals surface area contributed by atoms with Gasteiger partial charge in [-0.15, -0.1) is 11.3 Å². The Morgan fingerprint density at radius 2 is 1.84 bits per heavy atom. The number of carbonyl (C=O) groups excluding carboxylic acids is 2. The number of carboxylic acid groups (broad SMARTS) is 1. The molecule has 1 aromatic heterocycles. The Kier molecular flexibility index (Phi) is 5.03. The van der Waals surface area contributed by atoms with Crippen LogP contribution in [0.2, 0.25) is 0 Å². The van der Waals surface area contributed by atoms with E-state index in [0.29, 0.717) is 34.9 Å². The maximum Gasteiger partial charge on any atom is 0.310 e. The number of carboxylic acids is 1. The summed E-state index contributed by atoms with van der Waals surface area (Å²) in [7, 11) is 0. The molecule has 5 rings (SSSR count). The number of anilines is 1. The summed E-state index contributed by atoms with van der Waals surface area (Å²) in [5, 5.41) is 17.2. The monoisotopic (exact) mass is 444 g/mol. The van der Waals surface area contributed by atoms with Crippen LogP contribution in [0.4, 0.5) is 5.00 Å². The second-order valence-electron chi connectivity index (χ2n) is 7.70. The number of hydrogen-bond acceptors (Lipinski definition) is 7. The normalized spacial score (nSPS) is 25.4. The van der Waals surface area contributed by atoms with Gasteiger partial charge in [-0.1, -0.05) is 6.07 Å². The van der Waals surface area contributed by atoms with E-state index in [1.54, 1.807) is 23.6 Å². The lowest BCUT2D eigenvalue weighted by Gasteiger charge is -2.23. The first-order valence-corrected chi connectivity index (χ1v) is 10.8. The molecule has 0 saturated carbocycles. The van der Waals surface area contributed by atoms with Crippen molar-refractivity contribution < 1.29 is 33.7 Å². The molecule has 0 unspecified atom stereocenters. The maximum atomic E-state index is 12.9. The van der Waals surface area contributed by atoms with Gasteiger partial charge >= 0.3 is 5.97 Å². The molecule has 9 nitrogen and oxygen atoms in total. The van der Waals surface area contributed by atoms with Crippen LogP contribution < -0.4 is 20.1 Å². The molecule has 2 bridgehead atoms. The van der Waals surface area contributed by atoms with Crippen LogP contribution in [-0.2, 0) is 20.9 Å². The lowest BCUT2D eigenvalue weighted by atomic mass is 9.79. The summed E-state index contributed by atoms with van der Waals surface area (Å²) in [6.45, 7) is 0.458. The maximum absolute atomic E-state index is 12.9. The van der Waals surface area contributed by atoms with Crippen LogP contribution in [0, 0.1) is 11.8 Å². The average Bonchev–Trinajstić information content (AvgIpc) is 3.54. The van der Waals surface area contributed by atoms with Crippen LogP contribution >= 0.6 is 11.3 Å². The van der Waals surface area contributed by atoms with Crippen LogP contribution in [-0.4, -0.2) is 41.9 Å². The third kappa shape index (κ3) is 3.61. The summed E-state index contributed by atoms with van der Waals surface area (Å²) in [4.78, 5) is 37.2.